The highest BCUT2D eigenvalue weighted by atomic mass is 16.3. The van der Waals surface area contributed by atoms with E-state index in [1.165, 1.54) is 11.4 Å². The third kappa shape index (κ3) is 3.05. The van der Waals surface area contributed by atoms with Crippen molar-refractivity contribution in [2.45, 2.75) is 0 Å². The molecule has 0 aliphatic carbocycles. The van der Waals surface area contributed by atoms with Crippen LogP contribution in [0, 0.1) is 0 Å². The van der Waals surface area contributed by atoms with Gasteiger partial charge in [0.15, 0.2) is 0 Å². The second-order valence-corrected chi connectivity index (χ2v) is 5.29. The molecule has 1 aliphatic heterocycles. The average Bonchev–Trinajstić information content (AvgIpc) is 2.56. The second kappa shape index (κ2) is 5.95. The Labute approximate surface area is 125 Å². The van der Waals surface area contributed by atoms with Crippen molar-refractivity contribution in [3.05, 3.63) is 48.5 Å². The van der Waals surface area contributed by atoms with E-state index in [2.05, 4.69) is 39.4 Å². The van der Waals surface area contributed by atoms with Gasteiger partial charge in [0.05, 0.1) is 0 Å². The van der Waals surface area contributed by atoms with Crippen molar-refractivity contribution < 1.29 is 5.11 Å². The number of nitrogens with one attached hydrogen (secondary N) is 1. The van der Waals surface area contributed by atoms with Crippen molar-refractivity contribution in [3.63, 3.8) is 0 Å². The minimum absolute atomic E-state index is 0.321. The molecule has 0 unspecified atom stereocenters. The van der Waals surface area contributed by atoms with Crippen LogP contribution < -0.4 is 15.1 Å². The van der Waals surface area contributed by atoms with Gasteiger partial charge in [-0.25, -0.2) is 0 Å². The summed E-state index contributed by atoms with van der Waals surface area (Å²) < 4.78 is 0. The van der Waals surface area contributed by atoms with E-state index in [-0.39, 0.29) is 0 Å². The van der Waals surface area contributed by atoms with Crippen LogP contribution in [-0.2, 0) is 0 Å². The molecule has 1 fully saturated rings. The van der Waals surface area contributed by atoms with Gasteiger partial charge in [0, 0.05) is 50.3 Å². The zero-order valence-corrected chi connectivity index (χ0v) is 12.3. The van der Waals surface area contributed by atoms with E-state index in [4.69, 9.17) is 0 Å². The maximum Gasteiger partial charge on any atom is 0.115 e. The van der Waals surface area contributed by atoms with Crippen molar-refractivity contribution in [2.24, 2.45) is 0 Å². The standard InChI is InChI=1S/C17H21N3O/c1-18-14-2-4-15(5-3-14)19-10-12-20(13-11-19)16-6-8-17(21)9-7-16/h2-9,18,21H,10-13H2,1H3. The lowest BCUT2D eigenvalue weighted by Crippen LogP contribution is -2.46. The summed E-state index contributed by atoms with van der Waals surface area (Å²) in [5.74, 6) is 0.321. The van der Waals surface area contributed by atoms with E-state index in [0.717, 1.165) is 31.9 Å². The van der Waals surface area contributed by atoms with Crippen LogP contribution in [0.1, 0.15) is 0 Å². The third-order valence-corrected chi connectivity index (χ3v) is 4.02. The topological polar surface area (TPSA) is 38.7 Å². The van der Waals surface area contributed by atoms with Gasteiger partial charge in [-0.3, -0.25) is 0 Å². The first-order valence-corrected chi connectivity index (χ1v) is 7.33. The number of anilines is 3. The number of rotatable bonds is 3. The summed E-state index contributed by atoms with van der Waals surface area (Å²) in [7, 11) is 1.94. The van der Waals surface area contributed by atoms with Crippen LogP contribution >= 0.6 is 0 Å². The molecule has 0 radical (unpaired) electrons. The lowest BCUT2D eigenvalue weighted by molar-refractivity contribution is 0.475. The maximum atomic E-state index is 9.36. The summed E-state index contributed by atoms with van der Waals surface area (Å²) in [6.45, 7) is 4.02. The lowest BCUT2D eigenvalue weighted by atomic mass is 10.2. The first-order valence-electron chi connectivity index (χ1n) is 7.33. The van der Waals surface area contributed by atoms with Gasteiger partial charge in [0.25, 0.3) is 0 Å². The summed E-state index contributed by atoms with van der Waals surface area (Å²) >= 11 is 0. The van der Waals surface area contributed by atoms with Crippen molar-refractivity contribution in [2.75, 3.05) is 48.3 Å². The van der Waals surface area contributed by atoms with Gasteiger partial charge >= 0.3 is 0 Å². The predicted molar refractivity (Wildman–Crippen MR) is 88.5 cm³/mol. The van der Waals surface area contributed by atoms with Crippen LogP contribution in [-0.4, -0.2) is 38.3 Å². The number of phenolic OH excluding ortho intramolecular Hbond substituents is 1. The van der Waals surface area contributed by atoms with Crippen LogP contribution in [0.4, 0.5) is 17.1 Å². The molecule has 3 rings (SSSR count). The predicted octanol–water partition coefficient (Wildman–Crippen LogP) is 2.76. The molecular weight excluding hydrogens is 262 g/mol. The van der Waals surface area contributed by atoms with Gasteiger partial charge in [-0.05, 0) is 48.5 Å². The van der Waals surface area contributed by atoms with E-state index in [0.29, 0.717) is 5.75 Å². The molecule has 2 aromatic rings. The summed E-state index contributed by atoms with van der Waals surface area (Å²) in [6, 6.07) is 16.0. The van der Waals surface area contributed by atoms with Crippen molar-refractivity contribution in [1.82, 2.24) is 0 Å². The first kappa shape index (κ1) is 13.6. The van der Waals surface area contributed by atoms with Gasteiger partial charge < -0.3 is 20.2 Å². The summed E-state index contributed by atoms with van der Waals surface area (Å²) in [6.07, 6.45) is 0. The molecule has 0 aromatic heterocycles. The minimum Gasteiger partial charge on any atom is -0.508 e. The highest BCUT2D eigenvalue weighted by molar-refractivity contribution is 5.56. The number of benzene rings is 2. The Morgan fingerprint density at radius 3 is 1.62 bits per heavy atom. The normalized spacial score (nSPS) is 15.1. The van der Waals surface area contributed by atoms with Crippen LogP contribution in [0.5, 0.6) is 5.75 Å². The number of piperazine rings is 1. The molecule has 4 heteroatoms. The highest BCUT2D eigenvalue weighted by Crippen LogP contribution is 2.23. The number of aromatic hydroxyl groups is 1. The SMILES string of the molecule is CNc1ccc(N2CCN(c3ccc(O)cc3)CC2)cc1. The van der Waals surface area contributed by atoms with Crippen molar-refractivity contribution in [3.8, 4) is 5.75 Å². The zero-order valence-electron chi connectivity index (χ0n) is 12.3. The van der Waals surface area contributed by atoms with Crippen LogP contribution in [0.25, 0.3) is 0 Å². The van der Waals surface area contributed by atoms with Gasteiger partial charge in [-0.2, -0.15) is 0 Å². The molecule has 0 atom stereocenters. The smallest absolute Gasteiger partial charge is 0.115 e. The van der Waals surface area contributed by atoms with E-state index < -0.39 is 0 Å². The highest BCUT2D eigenvalue weighted by Gasteiger charge is 2.17. The molecule has 1 heterocycles. The first-order chi connectivity index (χ1) is 10.3. The van der Waals surface area contributed by atoms with Crippen molar-refractivity contribution >= 4 is 17.1 Å². The fourth-order valence-corrected chi connectivity index (χ4v) is 2.73. The molecule has 2 aromatic carbocycles. The van der Waals surface area contributed by atoms with Gasteiger partial charge in [-0.1, -0.05) is 0 Å². The maximum absolute atomic E-state index is 9.36. The molecule has 0 amide bonds. The zero-order chi connectivity index (χ0) is 14.7. The Morgan fingerprint density at radius 2 is 1.19 bits per heavy atom. The number of hydrogen-bond acceptors (Lipinski definition) is 4. The molecule has 1 aliphatic rings. The molecule has 0 saturated carbocycles. The Balaban J connectivity index is 1.62. The summed E-state index contributed by atoms with van der Waals surface area (Å²) in [5, 5.41) is 12.5. The average molecular weight is 283 g/mol. The van der Waals surface area contributed by atoms with E-state index in [1.807, 2.05) is 19.2 Å². The molecular formula is C17H21N3O. The van der Waals surface area contributed by atoms with E-state index in [9.17, 15) is 5.11 Å². The summed E-state index contributed by atoms with van der Waals surface area (Å²) in [4.78, 5) is 4.77. The molecule has 21 heavy (non-hydrogen) atoms. The van der Waals surface area contributed by atoms with Crippen LogP contribution in [0.3, 0.4) is 0 Å². The molecule has 4 nitrogen and oxygen atoms in total. The quantitative estimate of drug-likeness (QED) is 0.908. The lowest BCUT2D eigenvalue weighted by Gasteiger charge is -2.37. The van der Waals surface area contributed by atoms with E-state index >= 15 is 0 Å². The van der Waals surface area contributed by atoms with Crippen molar-refractivity contribution in [1.29, 1.82) is 0 Å². The Morgan fingerprint density at radius 1 is 0.762 bits per heavy atom. The van der Waals surface area contributed by atoms with Crippen LogP contribution in [0.2, 0.25) is 0 Å². The summed E-state index contributed by atoms with van der Waals surface area (Å²) in [5.41, 5.74) is 3.60. The van der Waals surface area contributed by atoms with Gasteiger partial charge in [0.2, 0.25) is 0 Å². The third-order valence-electron chi connectivity index (χ3n) is 4.02. The largest absolute Gasteiger partial charge is 0.508 e. The Hall–Kier alpha value is -2.36. The fourth-order valence-electron chi connectivity index (χ4n) is 2.73. The molecule has 0 spiro atoms. The van der Waals surface area contributed by atoms with Gasteiger partial charge in [0.1, 0.15) is 5.75 Å². The Bertz CT molecular complexity index is 572. The molecule has 1 saturated heterocycles. The number of phenols is 1. The fraction of sp³-hybridized carbons (Fsp3) is 0.294. The molecule has 110 valence electrons. The number of nitrogens with zero attached hydrogens (tertiary/aromatic N) is 2. The van der Waals surface area contributed by atoms with Crippen LogP contribution in [0.15, 0.2) is 48.5 Å². The molecule has 2 N–H and O–H groups in total. The minimum atomic E-state index is 0.321. The monoisotopic (exact) mass is 283 g/mol. The van der Waals surface area contributed by atoms with Gasteiger partial charge in [-0.15, -0.1) is 0 Å². The number of hydrogen-bond donors (Lipinski definition) is 2. The van der Waals surface area contributed by atoms with E-state index in [1.54, 1.807) is 12.1 Å². The Kier molecular flexibility index (Phi) is 3.86. The molecule has 0 bridgehead atoms. The second-order valence-electron chi connectivity index (χ2n) is 5.29.